The van der Waals surface area contributed by atoms with Crippen molar-refractivity contribution in [3.05, 3.63) is 0 Å². The van der Waals surface area contributed by atoms with Crippen molar-refractivity contribution in [1.29, 1.82) is 0 Å². The van der Waals surface area contributed by atoms with Crippen molar-refractivity contribution in [3.63, 3.8) is 0 Å². The molecule has 3 nitrogen and oxygen atoms in total. The molecular formula is C27H44O3. The average molecular weight is 417 g/mol. The number of rotatable bonds is 5. The Balaban J connectivity index is 1.57. The molecular weight excluding hydrogens is 372 g/mol. The fraction of sp³-hybridized carbons (Fsp3) is 0.926. The lowest BCUT2D eigenvalue weighted by atomic mass is 9.43. The fourth-order valence-electron chi connectivity index (χ4n) is 8.74. The van der Waals surface area contributed by atoms with Gasteiger partial charge >= 0.3 is 0 Å². The summed E-state index contributed by atoms with van der Waals surface area (Å²) < 4.78 is 0. The van der Waals surface area contributed by atoms with Crippen LogP contribution in [0.5, 0.6) is 0 Å². The predicted molar refractivity (Wildman–Crippen MR) is 120 cm³/mol. The number of fused-ring (bicyclic) bond motifs is 5. The van der Waals surface area contributed by atoms with Crippen molar-refractivity contribution in [3.8, 4) is 0 Å². The van der Waals surface area contributed by atoms with Gasteiger partial charge in [0.15, 0.2) is 0 Å². The first-order chi connectivity index (χ1) is 14.1. The van der Waals surface area contributed by atoms with Gasteiger partial charge in [0.05, 0.1) is 6.10 Å². The minimum atomic E-state index is -0.293. The van der Waals surface area contributed by atoms with Crippen molar-refractivity contribution in [2.24, 2.45) is 52.3 Å². The highest BCUT2D eigenvalue weighted by molar-refractivity contribution is 5.94. The van der Waals surface area contributed by atoms with E-state index in [-0.39, 0.29) is 34.7 Å². The summed E-state index contributed by atoms with van der Waals surface area (Å²) in [4.78, 5) is 27.2. The first kappa shape index (κ1) is 22.5. The first-order valence-electron chi connectivity index (χ1n) is 12.8. The van der Waals surface area contributed by atoms with Crippen molar-refractivity contribution in [1.82, 2.24) is 0 Å². The smallest absolute Gasteiger partial charge is 0.137 e. The Bertz CT molecular complexity index is 684. The van der Waals surface area contributed by atoms with Gasteiger partial charge in [0.25, 0.3) is 0 Å². The normalized spacial score (nSPS) is 47.0. The number of carbonyl (C=O) groups is 2. The van der Waals surface area contributed by atoms with Gasteiger partial charge in [-0.25, -0.2) is 0 Å². The van der Waals surface area contributed by atoms with Gasteiger partial charge in [-0.2, -0.15) is 0 Å². The molecule has 170 valence electrons. The lowest BCUT2D eigenvalue weighted by Gasteiger charge is -2.59. The molecule has 0 heterocycles. The van der Waals surface area contributed by atoms with Gasteiger partial charge in [0.1, 0.15) is 11.6 Å². The number of carbonyl (C=O) groups excluding carboxylic acids is 2. The zero-order valence-electron chi connectivity index (χ0n) is 20.0. The van der Waals surface area contributed by atoms with Gasteiger partial charge in [-0.1, -0.05) is 53.9 Å². The molecule has 0 aliphatic heterocycles. The molecule has 4 saturated carbocycles. The average Bonchev–Trinajstić information content (AvgIpc) is 2.99. The summed E-state index contributed by atoms with van der Waals surface area (Å²) in [5.74, 6) is 3.10. The van der Waals surface area contributed by atoms with Crippen LogP contribution >= 0.6 is 0 Å². The third-order valence-electron chi connectivity index (χ3n) is 10.3. The Morgan fingerprint density at radius 2 is 1.73 bits per heavy atom. The van der Waals surface area contributed by atoms with Gasteiger partial charge in [-0.3, -0.25) is 9.59 Å². The summed E-state index contributed by atoms with van der Waals surface area (Å²) in [5, 5.41) is 10.2. The Morgan fingerprint density at radius 3 is 2.43 bits per heavy atom. The van der Waals surface area contributed by atoms with Crippen LogP contribution in [0.2, 0.25) is 0 Å². The summed E-state index contributed by atoms with van der Waals surface area (Å²) in [7, 11) is 0. The van der Waals surface area contributed by atoms with E-state index in [0.29, 0.717) is 48.6 Å². The van der Waals surface area contributed by atoms with E-state index in [9.17, 15) is 14.7 Å². The standard InChI is InChI=1S/C27H44O3/c1-16(2)7-6-8-17(3)20-9-10-21-24-22(29)14-18-13-19(28)11-12-26(18,4)25(24)23(30)15-27(20,21)5/h16-21,24-25,28H,6-15H2,1-5H3/t17-,18?,19?,20-,21+,24-,25+,26+,27-/m1/s1. The minimum absolute atomic E-state index is 0.00251. The summed E-state index contributed by atoms with van der Waals surface area (Å²) in [6.07, 6.45) is 9.48. The molecule has 0 aromatic carbocycles. The number of ketones is 2. The van der Waals surface area contributed by atoms with Crippen LogP contribution in [-0.4, -0.2) is 22.8 Å². The van der Waals surface area contributed by atoms with Crippen molar-refractivity contribution >= 4 is 11.6 Å². The van der Waals surface area contributed by atoms with E-state index >= 15 is 0 Å². The Labute approximate surface area is 183 Å². The fourth-order valence-corrected chi connectivity index (χ4v) is 8.74. The third kappa shape index (κ3) is 3.51. The molecule has 0 saturated heterocycles. The number of hydrogen-bond acceptors (Lipinski definition) is 3. The van der Waals surface area contributed by atoms with Gasteiger partial charge in [0, 0.05) is 24.7 Å². The number of Topliss-reactive ketones (excluding diaryl/α,β-unsaturated/α-hetero) is 2. The van der Waals surface area contributed by atoms with Crippen LogP contribution in [0.25, 0.3) is 0 Å². The van der Waals surface area contributed by atoms with Gasteiger partial charge in [-0.05, 0) is 72.5 Å². The van der Waals surface area contributed by atoms with Crippen LogP contribution in [-0.2, 0) is 9.59 Å². The van der Waals surface area contributed by atoms with E-state index in [0.717, 1.165) is 25.2 Å². The van der Waals surface area contributed by atoms with Gasteiger partial charge in [0.2, 0.25) is 0 Å². The highest BCUT2D eigenvalue weighted by Crippen LogP contribution is 2.66. The highest BCUT2D eigenvalue weighted by atomic mass is 16.3. The van der Waals surface area contributed by atoms with Gasteiger partial charge in [-0.15, -0.1) is 0 Å². The van der Waals surface area contributed by atoms with E-state index in [1.165, 1.54) is 25.7 Å². The molecule has 3 heteroatoms. The van der Waals surface area contributed by atoms with Crippen LogP contribution in [0.4, 0.5) is 0 Å². The van der Waals surface area contributed by atoms with E-state index < -0.39 is 0 Å². The molecule has 4 aliphatic rings. The van der Waals surface area contributed by atoms with Crippen LogP contribution in [0, 0.1) is 52.3 Å². The van der Waals surface area contributed by atoms with Crippen LogP contribution in [0.3, 0.4) is 0 Å². The largest absolute Gasteiger partial charge is 0.393 e. The predicted octanol–water partition coefficient (Wildman–Crippen LogP) is 5.83. The second kappa shape index (κ2) is 8.01. The Morgan fingerprint density at radius 1 is 1.00 bits per heavy atom. The van der Waals surface area contributed by atoms with Crippen LogP contribution in [0.1, 0.15) is 98.8 Å². The molecule has 4 rings (SSSR count). The van der Waals surface area contributed by atoms with E-state index in [2.05, 4.69) is 34.6 Å². The molecule has 9 atom stereocenters. The summed E-state index contributed by atoms with van der Waals surface area (Å²) in [6.45, 7) is 11.6. The zero-order chi connectivity index (χ0) is 21.8. The van der Waals surface area contributed by atoms with Crippen molar-refractivity contribution < 1.29 is 14.7 Å². The van der Waals surface area contributed by atoms with Gasteiger partial charge < -0.3 is 5.11 Å². The number of hydrogen-bond donors (Lipinski definition) is 1. The second-order valence-electron chi connectivity index (χ2n) is 12.5. The minimum Gasteiger partial charge on any atom is -0.393 e. The number of aliphatic hydroxyl groups excluding tert-OH is 1. The number of aliphatic hydroxyl groups is 1. The molecule has 0 bridgehead atoms. The van der Waals surface area contributed by atoms with E-state index in [1.807, 2.05) is 0 Å². The summed E-state index contributed by atoms with van der Waals surface area (Å²) in [6, 6.07) is 0. The van der Waals surface area contributed by atoms with Crippen LogP contribution < -0.4 is 0 Å². The molecule has 0 aromatic heterocycles. The molecule has 0 spiro atoms. The summed E-state index contributed by atoms with van der Waals surface area (Å²) in [5.41, 5.74) is -0.0836. The summed E-state index contributed by atoms with van der Waals surface area (Å²) >= 11 is 0. The van der Waals surface area contributed by atoms with E-state index in [4.69, 9.17) is 0 Å². The zero-order valence-corrected chi connectivity index (χ0v) is 20.0. The maximum atomic E-state index is 13.7. The van der Waals surface area contributed by atoms with Crippen molar-refractivity contribution in [2.45, 2.75) is 105 Å². The Kier molecular flexibility index (Phi) is 6.01. The molecule has 0 radical (unpaired) electrons. The third-order valence-corrected chi connectivity index (χ3v) is 10.3. The van der Waals surface area contributed by atoms with Crippen molar-refractivity contribution in [2.75, 3.05) is 0 Å². The maximum absolute atomic E-state index is 13.7. The molecule has 2 unspecified atom stereocenters. The maximum Gasteiger partial charge on any atom is 0.137 e. The lowest BCUT2D eigenvalue weighted by Crippen LogP contribution is -2.60. The monoisotopic (exact) mass is 416 g/mol. The van der Waals surface area contributed by atoms with E-state index in [1.54, 1.807) is 0 Å². The first-order valence-corrected chi connectivity index (χ1v) is 12.8. The molecule has 1 N–H and O–H groups in total. The highest BCUT2D eigenvalue weighted by Gasteiger charge is 2.65. The molecule has 0 aromatic rings. The molecule has 4 fully saturated rings. The SMILES string of the molecule is CC(C)CCC[C@@H](C)[C@H]1CC[C@H]2[C@@H]3C(=O)CC4CC(O)CC[C@]4(C)[C@H]3C(=O)C[C@]12C. The Hall–Kier alpha value is -0.700. The molecule has 4 aliphatic carbocycles. The lowest BCUT2D eigenvalue weighted by molar-refractivity contribution is -0.171. The second-order valence-corrected chi connectivity index (χ2v) is 12.5. The quantitative estimate of drug-likeness (QED) is 0.614. The molecule has 0 amide bonds. The topological polar surface area (TPSA) is 54.4 Å². The molecule has 30 heavy (non-hydrogen) atoms. The van der Waals surface area contributed by atoms with Crippen LogP contribution in [0.15, 0.2) is 0 Å².